The molecule has 2 rings (SSSR count). The van der Waals surface area contributed by atoms with Crippen LogP contribution >= 0.6 is 38.9 Å². The first kappa shape index (κ1) is 13.8. The van der Waals surface area contributed by atoms with Crippen LogP contribution in [0.1, 0.15) is 24.8 Å². The Morgan fingerprint density at radius 3 is 2.78 bits per heavy atom. The number of nitrogens with one attached hydrogen (secondary N) is 1. The van der Waals surface area contributed by atoms with Crippen LogP contribution in [0.2, 0.25) is 5.15 Å². The Balaban J connectivity index is 2.27. The molecule has 1 N–H and O–H groups in total. The van der Waals surface area contributed by atoms with Crippen molar-refractivity contribution in [2.75, 3.05) is 5.32 Å². The summed E-state index contributed by atoms with van der Waals surface area (Å²) in [6, 6.07) is 4.39. The Labute approximate surface area is 124 Å². The number of thiophene rings is 1. The Morgan fingerprint density at radius 1 is 1.39 bits per heavy atom. The van der Waals surface area contributed by atoms with Gasteiger partial charge in [0, 0.05) is 4.88 Å². The number of aromatic nitrogens is 2. The van der Waals surface area contributed by atoms with E-state index in [-0.39, 0.29) is 6.04 Å². The van der Waals surface area contributed by atoms with Gasteiger partial charge in [0.05, 0.1) is 10.5 Å². The van der Waals surface area contributed by atoms with E-state index in [1.165, 1.54) is 11.2 Å². The molecule has 0 aliphatic heterocycles. The van der Waals surface area contributed by atoms with Gasteiger partial charge in [-0.2, -0.15) is 0 Å². The van der Waals surface area contributed by atoms with E-state index in [0.29, 0.717) is 15.5 Å². The quantitative estimate of drug-likeness (QED) is 0.811. The highest BCUT2D eigenvalue weighted by atomic mass is 79.9. The van der Waals surface area contributed by atoms with Gasteiger partial charge in [-0.05, 0) is 33.3 Å². The lowest BCUT2D eigenvalue weighted by Crippen LogP contribution is -2.16. The lowest BCUT2D eigenvalue weighted by molar-refractivity contribution is 0.551. The molecule has 0 saturated carbocycles. The van der Waals surface area contributed by atoms with Gasteiger partial charge >= 0.3 is 0 Å². The largest absolute Gasteiger partial charge is 0.361 e. The van der Waals surface area contributed by atoms with Crippen LogP contribution in [-0.2, 0) is 0 Å². The normalized spacial score (nSPS) is 12.7. The van der Waals surface area contributed by atoms with E-state index in [2.05, 4.69) is 62.6 Å². The molecule has 0 spiro atoms. The minimum atomic E-state index is 0.215. The zero-order chi connectivity index (χ0) is 13.1. The molecule has 2 heterocycles. The molecule has 0 aliphatic carbocycles. The summed E-state index contributed by atoms with van der Waals surface area (Å²) in [5.41, 5.74) is 0. The van der Waals surface area contributed by atoms with Crippen molar-refractivity contribution in [3.63, 3.8) is 0 Å². The molecule has 1 unspecified atom stereocenters. The van der Waals surface area contributed by atoms with E-state index in [9.17, 15) is 0 Å². The van der Waals surface area contributed by atoms with Gasteiger partial charge in [0.25, 0.3) is 0 Å². The Bertz CT molecular complexity index is 516. The molecule has 1 atom stereocenters. The van der Waals surface area contributed by atoms with Gasteiger partial charge in [0.15, 0.2) is 0 Å². The van der Waals surface area contributed by atoms with Gasteiger partial charge in [-0.3, -0.25) is 0 Å². The first-order valence-corrected chi connectivity index (χ1v) is 7.60. The highest BCUT2D eigenvalue weighted by Crippen LogP contribution is 2.33. The molecule has 96 valence electrons. The average Bonchev–Trinajstić information content (AvgIpc) is 2.84. The van der Waals surface area contributed by atoms with Crippen LogP contribution in [0.15, 0.2) is 28.3 Å². The van der Waals surface area contributed by atoms with E-state index < -0.39 is 0 Å². The van der Waals surface area contributed by atoms with Gasteiger partial charge in [0.2, 0.25) is 0 Å². The van der Waals surface area contributed by atoms with Crippen LogP contribution in [0, 0.1) is 5.92 Å². The number of rotatable bonds is 4. The molecule has 0 aromatic carbocycles. The number of nitrogens with zero attached hydrogens (tertiary/aromatic N) is 2. The third-order valence-electron chi connectivity index (χ3n) is 2.56. The van der Waals surface area contributed by atoms with Crippen LogP contribution in [0.5, 0.6) is 0 Å². The molecule has 0 bridgehead atoms. The Kier molecular flexibility index (Phi) is 4.59. The van der Waals surface area contributed by atoms with Crippen LogP contribution in [-0.4, -0.2) is 9.97 Å². The zero-order valence-electron chi connectivity index (χ0n) is 10.0. The van der Waals surface area contributed by atoms with Gasteiger partial charge in [0.1, 0.15) is 17.3 Å². The Hall–Kier alpha value is -0.650. The van der Waals surface area contributed by atoms with Crippen molar-refractivity contribution in [2.24, 2.45) is 5.92 Å². The molecular formula is C12H13BrClN3S. The molecule has 6 heteroatoms. The number of anilines is 1. The van der Waals surface area contributed by atoms with E-state index in [1.807, 2.05) is 0 Å². The van der Waals surface area contributed by atoms with E-state index in [4.69, 9.17) is 11.6 Å². The summed E-state index contributed by atoms with van der Waals surface area (Å²) < 4.78 is 0.703. The number of hydrogen-bond donors (Lipinski definition) is 1. The second-order valence-electron chi connectivity index (χ2n) is 4.21. The number of hydrogen-bond acceptors (Lipinski definition) is 4. The van der Waals surface area contributed by atoms with Crippen molar-refractivity contribution in [3.8, 4) is 0 Å². The van der Waals surface area contributed by atoms with Gasteiger partial charge in [-0.1, -0.05) is 31.5 Å². The zero-order valence-corrected chi connectivity index (χ0v) is 13.2. The van der Waals surface area contributed by atoms with Crippen molar-refractivity contribution in [3.05, 3.63) is 38.3 Å². The second-order valence-corrected chi connectivity index (χ2v) is 6.34. The minimum Gasteiger partial charge on any atom is -0.361 e. The summed E-state index contributed by atoms with van der Waals surface area (Å²) in [6.45, 7) is 4.35. The standard InChI is InChI=1S/C12H13BrClN3S/c1-7(2)10(8-4-3-5-18-8)17-12-9(13)11(14)15-6-16-12/h3-7,10H,1-2H3,(H,15,16,17). The minimum absolute atomic E-state index is 0.215. The fraction of sp³-hybridized carbons (Fsp3) is 0.333. The van der Waals surface area contributed by atoms with Crippen LogP contribution in [0.25, 0.3) is 0 Å². The summed E-state index contributed by atoms with van der Waals surface area (Å²) in [5, 5.41) is 5.91. The molecule has 3 nitrogen and oxygen atoms in total. The maximum Gasteiger partial charge on any atom is 0.148 e. The van der Waals surface area contributed by atoms with Crippen LogP contribution in [0.4, 0.5) is 5.82 Å². The van der Waals surface area contributed by atoms with Gasteiger partial charge < -0.3 is 5.32 Å². The molecular weight excluding hydrogens is 334 g/mol. The molecule has 0 fully saturated rings. The van der Waals surface area contributed by atoms with Crippen molar-refractivity contribution in [1.29, 1.82) is 0 Å². The highest BCUT2D eigenvalue weighted by molar-refractivity contribution is 9.10. The molecule has 2 aromatic heterocycles. The van der Waals surface area contributed by atoms with Crippen molar-refractivity contribution < 1.29 is 0 Å². The summed E-state index contributed by atoms with van der Waals surface area (Å²) >= 11 is 11.1. The molecule has 0 amide bonds. The Morgan fingerprint density at radius 2 is 2.17 bits per heavy atom. The maximum absolute atomic E-state index is 5.97. The van der Waals surface area contributed by atoms with Crippen molar-refractivity contribution in [2.45, 2.75) is 19.9 Å². The fourth-order valence-corrected chi connectivity index (χ4v) is 3.03. The summed E-state index contributed by atoms with van der Waals surface area (Å²) in [7, 11) is 0. The first-order chi connectivity index (χ1) is 8.59. The highest BCUT2D eigenvalue weighted by Gasteiger charge is 2.19. The molecule has 0 radical (unpaired) electrons. The topological polar surface area (TPSA) is 37.8 Å². The predicted octanol–water partition coefficient (Wildman–Crippen LogP) is 4.76. The number of halogens is 2. The summed E-state index contributed by atoms with van der Waals surface area (Å²) in [6.07, 6.45) is 1.46. The third kappa shape index (κ3) is 3.02. The predicted molar refractivity (Wildman–Crippen MR) is 80.3 cm³/mol. The van der Waals surface area contributed by atoms with E-state index in [0.717, 1.165) is 5.82 Å². The fourth-order valence-electron chi connectivity index (χ4n) is 1.63. The third-order valence-corrected chi connectivity index (χ3v) is 4.78. The summed E-state index contributed by atoms with van der Waals surface area (Å²) in [4.78, 5) is 9.43. The maximum atomic E-state index is 5.97. The first-order valence-electron chi connectivity index (χ1n) is 5.55. The lowest BCUT2D eigenvalue weighted by Gasteiger charge is -2.22. The van der Waals surface area contributed by atoms with Crippen LogP contribution in [0.3, 0.4) is 0 Å². The van der Waals surface area contributed by atoms with Gasteiger partial charge in [-0.25, -0.2) is 9.97 Å². The van der Waals surface area contributed by atoms with Crippen molar-refractivity contribution >= 4 is 44.7 Å². The van der Waals surface area contributed by atoms with Gasteiger partial charge in [-0.15, -0.1) is 11.3 Å². The molecule has 0 aliphatic rings. The monoisotopic (exact) mass is 345 g/mol. The molecule has 2 aromatic rings. The molecule has 0 saturated heterocycles. The molecule has 18 heavy (non-hydrogen) atoms. The van der Waals surface area contributed by atoms with E-state index >= 15 is 0 Å². The SMILES string of the molecule is CC(C)C(Nc1ncnc(Cl)c1Br)c1cccs1. The van der Waals surface area contributed by atoms with E-state index in [1.54, 1.807) is 11.3 Å². The summed E-state index contributed by atoms with van der Waals surface area (Å²) in [5.74, 6) is 1.17. The second kappa shape index (κ2) is 5.99. The van der Waals surface area contributed by atoms with Crippen molar-refractivity contribution in [1.82, 2.24) is 9.97 Å². The lowest BCUT2D eigenvalue weighted by atomic mass is 10.0. The van der Waals surface area contributed by atoms with Crippen LogP contribution < -0.4 is 5.32 Å². The average molecular weight is 347 g/mol. The smallest absolute Gasteiger partial charge is 0.148 e.